The SMILES string of the molecule is Bc1ccc(S(=O)(=O)OCCCN(C)CCOC2(OC)CCCCC2)cc1. The summed E-state index contributed by atoms with van der Waals surface area (Å²) in [5.74, 6) is -0.412. The van der Waals surface area contributed by atoms with Crippen molar-refractivity contribution in [3.63, 3.8) is 0 Å². The fourth-order valence-corrected chi connectivity index (χ4v) is 4.22. The number of hydrogen-bond acceptors (Lipinski definition) is 6. The number of likely N-dealkylation sites (N-methyl/N-ethyl adjacent to an activating group) is 1. The van der Waals surface area contributed by atoms with Crippen molar-refractivity contribution in [3.8, 4) is 0 Å². The highest BCUT2D eigenvalue weighted by atomic mass is 32.2. The molecule has 152 valence electrons. The summed E-state index contributed by atoms with van der Waals surface area (Å²) in [5, 5.41) is 0. The van der Waals surface area contributed by atoms with Crippen LogP contribution in [0.1, 0.15) is 38.5 Å². The number of rotatable bonds is 11. The lowest BCUT2D eigenvalue weighted by Crippen LogP contribution is -2.39. The van der Waals surface area contributed by atoms with Crippen LogP contribution in [0.2, 0.25) is 0 Å². The van der Waals surface area contributed by atoms with E-state index in [1.54, 1.807) is 31.4 Å². The van der Waals surface area contributed by atoms with Crippen molar-refractivity contribution in [2.24, 2.45) is 0 Å². The predicted octanol–water partition coefficient (Wildman–Crippen LogP) is 1.30. The lowest BCUT2D eigenvalue weighted by atomic mass is 9.94. The quantitative estimate of drug-likeness (QED) is 0.243. The summed E-state index contributed by atoms with van der Waals surface area (Å²) in [6.07, 6.45) is 6.10. The minimum absolute atomic E-state index is 0.170. The molecule has 1 aromatic rings. The molecule has 0 aliphatic heterocycles. The lowest BCUT2D eigenvalue weighted by Gasteiger charge is -2.36. The second-order valence-corrected chi connectivity index (χ2v) is 8.89. The molecule has 0 spiro atoms. The van der Waals surface area contributed by atoms with Gasteiger partial charge in [-0.1, -0.05) is 24.0 Å². The standard InChI is InChI=1S/C19H32BNO5S/c1-21(14-16-25-19(24-2)11-4-3-5-12-19)13-6-15-26-27(22,23)18-9-7-17(20)8-10-18/h7-10H,3-6,11-16,20H2,1-2H3. The largest absolute Gasteiger partial charge is 0.353 e. The van der Waals surface area contributed by atoms with Gasteiger partial charge in [0.05, 0.1) is 18.1 Å². The molecule has 0 bridgehead atoms. The van der Waals surface area contributed by atoms with E-state index in [-0.39, 0.29) is 11.5 Å². The van der Waals surface area contributed by atoms with E-state index >= 15 is 0 Å². The summed E-state index contributed by atoms with van der Waals surface area (Å²) in [7, 11) is 1.96. The average Bonchev–Trinajstić information content (AvgIpc) is 2.66. The van der Waals surface area contributed by atoms with Crippen molar-refractivity contribution in [1.29, 1.82) is 0 Å². The zero-order valence-electron chi connectivity index (χ0n) is 16.8. The Morgan fingerprint density at radius 2 is 1.74 bits per heavy atom. The molecule has 1 aromatic carbocycles. The average molecular weight is 397 g/mol. The van der Waals surface area contributed by atoms with Crippen molar-refractivity contribution in [2.75, 3.05) is 40.5 Å². The smallest absolute Gasteiger partial charge is 0.296 e. The molecular weight excluding hydrogens is 365 g/mol. The van der Waals surface area contributed by atoms with Crippen molar-refractivity contribution in [2.45, 2.75) is 49.2 Å². The third kappa shape index (κ3) is 7.20. The van der Waals surface area contributed by atoms with E-state index in [9.17, 15) is 8.42 Å². The first-order valence-corrected chi connectivity index (χ1v) is 11.1. The van der Waals surface area contributed by atoms with Crippen LogP contribution >= 0.6 is 0 Å². The molecule has 0 saturated heterocycles. The van der Waals surface area contributed by atoms with Crippen LogP contribution in [0.3, 0.4) is 0 Å². The third-order valence-corrected chi connectivity index (χ3v) is 6.38. The molecule has 0 aromatic heterocycles. The Bertz CT molecular complexity index is 659. The molecule has 1 aliphatic carbocycles. The minimum Gasteiger partial charge on any atom is -0.353 e. The summed E-state index contributed by atoms with van der Waals surface area (Å²) < 4.78 is 41.0. The normalized spacial score (nSPS) is 17.3. The van der Waals surface area contributed by atoms with Crippen LogP contribution in [-0.4, -0.2) is 67.4 Å². The molecule has 0 heterocycles. The monoisotopic (exact) mass is 397 g/mol. The highest BCUT2D eigenvalue weighted by Crippen LogP contribution is 2.31. The Kier molecular flexibility index (Phi) is 8.76. The molecule has 27 heavy (non-hydrogen) atoms. The number of methoxy groups -OCH3 is 1. The first kappa shape index (κ1) is 22.4. The van der Waals surface area contributed by atoms with Crippen LogP contribution in [0, 0.1) is 0 Å². The summed E-state index contributed by atoms with van der Waals surface area (Å²) in [6, 6.07) is 6.68. The van der Waals surface area contributed by atoms with E-state index in [0.717, 1.165) is 44.2 Å². The minimum atomic E-state index is -3.68. The van der Waals surface area contributed by atoms with Gasteiger partial charge in [-0.2, -0.15) is 8.42 Å². The van der Waals surface area contributed by atoms with Gasteiger partial charge >= 0.3 is 0 Å². The molecule has 1 aliphatic rings. The van der Waals surface area contributed by atoms with Gasteiger partial charge in [-0.3, -0.25) is 4.18 Å². The maximum absolute atomic E-state index is 12.1. The second kappa shape index (κ2) is 10.6. The fraction of sp³-hybridized carbons (Fsp3) is 0.684. The van der Waals surface area contributed by atoms with Crippen molar-refractivity contribution >= 4 is 23.4 Å². The van der Waals surface area contributed by atoms with Gasteiger partial charge in [-0.05, 0) is 38.4 Å². The van der Waals surface area contributed by atoms with Crippen LogP contribution in [0.5, 0.6) is 0 Å². The maximum Gasteiger partial charge on any atom is 0.296 e. The van der Waals surface area contributed by atoms with Gasteiger partial charge in [0.2, 0.25) is 0 Å². The molecular formula is C19H32BNO5S. The molecule has 8 heteroatoms. The van der Waals surface area contributed by atoms with E-state index in [1.165, 1.54) is 6.42 Å². The summed E-state index contributed by atoms with van der Waals surface area (Å²) in [5.41, 5.74) is 1.02. The third-order valence-electron chi connectivity index (χ3n) is 5.06. The number of hydrogen-bond donors (Lipinski definition) is 0. The van der Waals surface area contributed by atoms with Crippen LogP contribution in [-0.2, 0) is 23.8 Å². The Hall–Kier alpha value is -0.925. The lowest BCUT2D eigenvalue weighted by molar-refractivity contribution is -0.239. The van der Waals surface area contributed by atoms with E-state index < -0.39 is 15.9 Å². The zero-order chi connectivity index (χ0) is 19.8. The number of nitrogens with zero attached hydrogens (tertiary/aromatic N) is 1. The molecule has 6 nitrogen and oxygen atoms in total. The van der Waals surface area contributed by atoms with E-state index in [0.29, 0.717) is 13.0 Å². The van der Waals surface area contributed by atoms with Gasteiger partial charge in [0, 0.05) is 33.0 Å². The van der Waals surface area contributed by atoms with Gasteiger partial charge in [-0.15, -0.1) is 0 Å². The fourth-order valence-electron chi connectivity index (χ4n) is 3.27. The first-order chi connectivity index (χ1) is 12.9. The molecule has 0 atom stereocenters. The van der Waals surface area contributed by atoms with Crippen LogP contribution in [0.4, 0.5) is 0 Å². The maximum atomic E-state index is 12.1. The van der Waals surface area contributed by atoms with E-state index in [2.05, 4.69) is 4.90 Å². The molecule has 0 amide bonds. The van der Waals surface area contributed by atoms with Crippen LogP contribution in [0.15, 0.2) is 29.2 Å². The predicted molar refractivity (Wildman–Crippen MR) is 109 cm³/mol. The molecule has 2 rings (SSSR count). The molecule has 1 fully saturated rings. The summed E-state index contributed by atoms with van der Waals surface area (Å²) in [4.78, 5) is 2.32. The van der Waals surface area contributed by atoms with Gasteiger partial charge in [0.15, 0.2) is 5.79 Å². The van der Waals surface area contributed by atoms with Crippen molar-refractivity contribution in [1.82, 2.24) is 4.90 Å². The molecule has 0 radical (unpaired) electrons. The van der Waals surface area contributed by atoms with Crippen molar-refractivity contribution < 1.29 is 22.1 Å². The Morgan fingerprint density at radius 1 is 1.07 bits per heavy atom. The Balaban J connectivity index is 1.64. The highest BCUT2D eigenvalue weighted by Gasteiger charge is 2.32. The topological polar surface area (TPSA) is 65.1 Å². The summed E-state index contributed by atoms with van der Waals surface area (Å²) in [6.45, 7) is 2.29. The molecule has 1 saturated carbocycles. The number of ether oxygens (including phenoxy) is 2. The zero-order valence-corrected chi connectivity index (χ0v) is 17.6. The van der Waals surface area contributed by atoms with Gasteiger partial charge in [-0.25, -0.2) is 0 Å². The van der Waals surface area contributed by atoms with Crippen LogP contribution < -0.4 is 5.46 Å². The van der Waals surface area contributed by atoms with Gasteiger partial charge < -0.3 is 14.4 Å². The highest BCUT2D eigenvalue weighted by molar-refractivity contribution is 7.86. The molecule has 0 unspecified atom stereocenters. The van der Waals surface area contributed by atoms with E-state index in [4.69, 9.17) is 13.7 Å². The van der Waals surface area contributed by atoms with Crippen LogP contribution in [0.25, 0.3) is 0 Å². The van der Waals surface area contributed by atoms with E-state index in [1.807, 2.05) is 14.9 Å². The first-order valence-electron chi connectivity index (χ1n) is 9.71. The summed E-state index contributed by atoms with van der Waals surface area (Å²) >= 11 is 0. The number of benzene rings is 1. The van der Waals surface area contributed by atoms with Gasteiger partial charge in [0.1, 0.15) is 7.85 Å². The van der Waals surface area contributed by atoms with Crippen molar-refractivity contribution in [3.05, 3.63) is 24.3 Å². The van der Waals surface area contributed by atoms with Gasteiger partial charge in [0.25, 0.3) is 10.1 Å². The Morgan fingerprint density at radius 3 is 2.37 bits per heavy atom. The molecule has 0 N–H and O–H groups in total. The Labute approximate surface area is 164 Å². The second-order valence-electron chi connectivity index (χ2n) is 7.27.